The number of nitro groups is 1. The first-order valence-electron chi connectivity index (χ1n) is 15.1. The van der Waals surface area contributed by atoms with Crippen LogP contribution in [-0.4, -0.2) is 64.4 Å². The van der Waals surface area contributed by atoms with E-state index in [-0.39, 0.29) is 29.5 Å². The van der Waals surface area contributed by atoms with Crippen LogP contribution < -0.4 is 16.4 Å². The molecule has 2 aromatic carbocycles. The Kier molecular flexibility index (Phi) is 9.69. The van der Waals surface area contributed by atoms with Crippen LogP contribution in [0.4, 0.5) is 20.6 Å². The number of nitrogens with two attached hydrogens (primary N) is 1. The topological polar surface area (TPSA) is 134 Å². The molecule has 3 fully saturated rings. The number of carbonyl (C=O) groups excluding carboxylic acids is 2. The minimum Gasteiger partial charge on any atom is -0.354 e. The zero-order valence-electron chi connectivity index (χ0n) is 23.9. The second-order valence-electron chi connectivity index (χ2n) is 12.0. The van der Waals surface area contributed by atoms with Crippen molar-refractivity contribution in [1.29, 1.82) is 0 Å². The van der Waals surface area contributed by atoms with Gasteiger partial charge in [0.2, 0.25) is 5.91 Å². The highest BCUT2D eigenvalue weighted by Crippen LogP contribution is 2.35. The number of piperidine rings is 1. The van der Waals surface area contributed by atoms with E-state index in [2.05, 4.69) is 15.5 Å². The van der Waals surface area contributed by atoms with E-state index in [0.717, 1.165) is 44.1 Å². The zero-order valence-corrected chi connectivity index (χ0v) is 23.9. The molecular formula is C31H41FN6O4. The number of carbonyl (C=O) groups is 2. The maximum absolute atomic E-state index is 13.7. The third-order valence-corrected chi connectivity index (χ3v) is 9.10. The number of urea groups is 1. The summed E-state index contributed by atoms with van der Waals surface area (Å²) in [5, 5.41) is 17.1. The minimum atomic E-state index is -0.650. The van der Waals surface area contributed by atoms with Gasteiger partial charge in [0.25, 0.3) is 5.69 Å². The number of nitro benzene ring substituents is 1. The van der Waals surface area contributed by atoms with E-state index in [4.69, 9.17) is 5.73 Å². The summed E-state index contributed by atoms with van der Waals surface area (Å²) in [5.74, 6) is 0.425. The van der Waals surface area contributed by atoms with Crippen molar-refractivity contribution in [2.45, 2.75) is 76.0 Å². The molecule has 1 unspecified atom stereocenters. The van der Waals surface area contributed by atoms with E-state index in [1.165, 1.54) is 36.4 Å². The van der Waals surface area contributed by atoms with E-state index in [1.54, 1.807) is 17.0 Å². The molecule has 2 aliphatic carbocycles. The Labute approximate surface area is 246 Å². The van der Waals surface area contributed by atoms with Crippen molar-refractivity contribution >= 4 is 23.3 Å². The molecule has 2 atom stereocenters. The van der Waals surface area contributed by atoms with Crippen LogP contribution in [0.25, 0.3) is 0 Å². The lowest BCUT2D eigenvalue weighted by atomic mass is 9.82. The lowest BCUT2D eigenvalue weighted by molar-refractivity contribution is -0.384. The number of hydrogen-bond acceptors (Lipinski definition) is 6. The largest absolute Gasteiger partial charge is 0.354 e. The summed E-state index contributed by atoms with van der Waals surface area (Å²) in [6.45, 7) is 2.33. The number of non-ortho nitro benzene ring substituents is 1. The molecule has 0 aromatic heterocycles. The molecule has 2 aromatic rings. The van der Waals surface area contributed by atoms with Crippen LogP contribution in [0, 0.1) is 27.8 Å². The molecule has 0 spiro atoms. The highest BCUT2D eigenvalue weighted by Gasteiger charge is 2.42. The van der Waals surface area contributed by atoms with E-state index in [0.29, 0.717) is 62.6 Å². The summed E-state index contributed by atoms with van der Waals surface area (Å²) in [5.41, 5.74) is 7.36. The standard InChI is InChI=1S/C31H41FN6O4/c32-24-7-9-25(10-8-24)35-31(40)36-16-15-28(17-29(36)30(39)34-19-22-3-1-21(18-33)2-4-22)37(26-13-14-26)20-23-5-11-27(12-6-23)38(41)42/h5-12,21-22,26,28-29H,1-4,13-20,33H2,(H,34,39)(H,35,40)/t21?,22?,28?,29-/m1/s1. The van der Waals surface area contributed by atoms with Gasteiger partial charge in [0.15, 0.2) is 0 Å². The number of hydrogen-bond donors (Lipinski definition) is 3. The maximum Gasteiger partial charge on any atom is 0.322 e. The van der Waals surface area contributed by atoms with Gasteiger partial charge in [-0.05, 0) is 99.6 Å². The SMILES string of the molecule is NCC1CCC(CNC(=O)[C@H]2CC(N(Cc3ccc([N+](=O)[O-])cc3)C3CC3)CCN2C(=O)Nc2ccc(F)cc2)CC1. The van der Waals surface area contributed by atoms with Crippen molar-refractivity contribution < 1.29 is 18.9 Å². The number of halogens is 1. The Morgan fingerprint density at radius 1 is 0.952 bits per heavy atom. The molecule has 1 aliphatic heterocycles. The molecule has 3 amide bonds. The van der Waals surface area contributed by atoms with Crippen LogP contribution in [0.3, 0.4) is 0 Å². The average Bonchev–Trinajstić information content (AvgIpc) is 3.85. The third-order valence-electron chi connectivity index (χ3n) is 9.10. The van der Waals surface area contributed by atoms with Crippen molar-refractivity contribution in [3.8, 4) is 0 Å². The van der Waals surface area contributed by atoms with Gasteiger partial charge in [-0.1, -0.05) is 12.1 Å². The Hall–Kier alpha value is -3.57. The van der Waals surface area contributed by atoms with Crippen LogP contribution in [0.1, 0.15) is 56.9 Å². The fraction of sp³-hybridized carbons (Fsp3) is 0.548. The number of likely N-dealkylation sites (tertiary alicyclic amines) is 1. The first-order chi connectivity index (χ1) is 20.3. The van der Waals surface area contributed by atoms with Gasteiger partial charge in [-0.2, -0.15) is 0 Å². The summed E-state index contributed by atoms with van der Waals surface area (Å²) in [6, 6.07) is 11.7. The van der Waals surface area contributed by atoms with Crippen LogP contribution in [0.5, 0.6) is 0 Å². The predicted octanol–water partition coefficient (Wildman–Crippen LogP) is 4.64. The van der Waals surface area contributed by atoms with Gasteiger partial charge in [0.1, 0.15) is 11.9 Å². The van der Waals surface area contributed by atoms with Crippen molar-refractivity contribution in [2.75, 3.05) is 25.0 Å². The van der Waals surface area contributed by atoms with E-state index in [1.807, 2.05) is 0 Å². The molecule has 0 bridgehead atoms. The molecule has 42 heavy (non-hydrogen) atoms. The predicted molar refractivity (Wildman–Crippen MR) is 158 cm³/mol. The van der Waals surface area contributed by atoms with Gasteiger partial charge >= 0.3 is 6.03 Å². The highest BCUT2D eigenvalue weighted by atomic mass is 19.1. The number of anilines is 1. The van der Waals surface area contributed by atoms with Gasteiger partial charge in [-0.15, -0.1) is 0 Å². The van der Waals surface area contributed by atoms with Gasteiger partial charge in [-0.3, -0.25) is 19.8 Å². The molecule has 5 rings (SSSR count). The average molecular weight is 581 g/mol. The smallest absolute Gasteiger partial charge is 0.322 e. The van der Waals surface area contributed by atoms with Crippen LogP contribution in [0.15, 0.2) is 48.5 Å². The quantitative estimate of drug-likeness (QED) is 0.277. The molecular weight excluding hydrogens is 539 g/mol. The Balaban J connectivity index is 1.28. The first-order valence-corrected chi connectivity index (χ1v) is 15.1. The van der Waals surface area contributed by atoms with E-state index in [9.17, 15) is 24.1 Å². The number of nitrogens with one attached hydrogen (secondary N) is 2. The van der Waals surface area contributed by atoms with Gasteiger partial charge in [-0.25, -0.2) is 9.18 Å². The number of nitrogens with zero attached hydrogens (tertiary/aromatic N) is 3. The van der Waals surface area contributed by atoms with Crippen molar-refractivity contribution in [3.05, 3.63) is 70.0 Å². The van der Waals surface area contributed by atoms with Gasteiger partial charge < -0.3 is 21.3 Å². The van der Waals surface area contributed by atoms with Gasteiger partial charge in [0, 0.05) is 49.5 Å². The van der Waals surface area contributed by atoms with Gasteiger partial charge in [0.05, 0.1) is 4.92 Å². The Morgan fingerprint density at radius 2 is 1.62 bits per heavy atom. The number of benzene rings is 2. The summed E-state index contributed by atoms with van der Waals surface area (Å²) in [7, 11) is 0. The van der Waals surface area contributed by atoms with E-state index < -0.39 is 11.0 Å². The fourth-order valence-corrected chi connectivity index (χ4v) is 6.40. The molecule has 1 saturated heterocycles. The lowest BCUT2D eigenvalue weighted by Crippen LogP contribution is -2.58. The monoisotopic (exact) mass is 580 g/mol. The molecule has 4 N–H and O–H groups in total. The number of rotatable bonds is 10. The van der Waals surface area contributed by atoms with Crippen molar-refractivity contribution in [1.82, 2.24) is 15.1 Å². The fourth-order valence-electron chi connectivity index (χ4n) is 6.40. The third kappa shape index (κ3) is 7.63. The number of amides is 3. The summed E-state index contributed by atoms with van der Waals surface area (Å²) in [4.78, 5) is 41.8. The molecule has 1 heterocycles. The van der Waals surface area contributed by atoms with Crippen LogP contribution >= 0.6 is 0 Å². The molecule has 10 nitrogen and oxygen atoms in total. The zero-order chi connectivity index (χ0) is 29.6. The molecule has 3 aliphatic rings. The molecule has 2 saturated carbocycles. The summed E-state index contributed by atoms with van der Waals surface area (Å²) >= 11 is 0. The van der Waals surface area contributed by atoms with Crippen molar-refractivity contribution in [2.24, 2.45) is 17.6 Å². The maximum atomic E-state index is 13.7. The minimum absolute atomic E-state index is 0.0606. The molecule has 0 radical (unpaired) electrons. The van der Waals surface area contributed by atoms with Crippen LogP contribution in [-0.2, 0) is 11.3 Å². The normalized spacial score (nSPS) is 24.3. The Morgan fingerprint density at radius 3 is 2.24 bits per heavy atom. The highest BCUT2D eigenvalue weighted by molar-refractivity contribution is 5.94. The Bertz CT molecular complexity index is 1230. The first kappa shape index (κ1) is 29.9. The second kappa shape index (κ2) is 13.6. The van der Waals surface area contributed by atoms with Crippen molar-refractivity contribution in [3.63, 3.8) is 0 Å². The second-order valence-corrected chi connectivity index (χ2v) is 12.0. The molecule has 226 valence electrons. The lowest BCUT2D eigenvalue weighted by Gasteiger charge is -2.43. The van der Waals surface area contributed by atoms with Crippen LogP contribution in [0.2, 0.25) is 0 Å². The summed E-state index contributed by atoms with van der Waals surface area (Å²) < 4.78 is 13.4. The van der Waals surface area contributed by atoms with E-state index >= 15 is 0 Å². The summed E-state index contributed by atoms with van der Waals surface area (Å²) in [6.07, 6.45) is 7.56. The molecule has 11 heteroatoms.